The zero-order valence-corrected chi connectivity index (χ0v) is 18.3. The van der Waals surface area contributed by atoms with Crippen molar-refractivity contribution in [3.05, 3.63) is 54.2 Å². The number of para-hydroxylation sites is 2. The zero-order valence-electron chi connectivity index (χ0n) is 18.3. The molecule has 3 aromatic rings. The summed E-state index contributed by atoms with van der Waals surface area (Å²) in [6.45, 7) is 5.57. The van der Waals surface area contributed by atoms with Gasteiger partial charge in [0, 0.05) is 23.1 Å². The molecule has 6 nitrogen and oxygen atoms in total. The van der Waals surface area contributed by atoms with E-state index in [-0.39, 0.29) is 0 Å². The SMILES string of the molecule is COc1ccccc1OCC1CCN(CC(O)COc2cccc3[nH]c(C)cc23)CC1. The lowest BCUT2D eigenvalue weighted by Gasteiger charge is -2.33. The minimum Gasteiger partial charge on any atom is -0.493 e. The number of benzene rings is 2. The van der Waals surface area contributed by atoms with E-state index in [1.807, 2.05) is 49.4 Å². The van der Waals surface area contributed by atoms with Crippen molar-refractivity contribution in [2.75, 3.05) is 40.0 Å². The summed E-state index contributed by atoms with van der Waals surface area (Å²) in [5, 5.41) is 11.6. The molecule has 6 heteroatoms. The monoisotopic (exact) mass is 424 g/mol. The van der Waals surface area contributed by atoms with Gasteiger partial charge in [-0.3, -0.25) is 0 Å². The molecule has 1 aliphatic rings. The van der Waals surface area contributed by atoms with Gasteiger partial charge in [-0.05, 0) is 69.1 Å². The Morgan fingerprint density at radius 3 is 2.55 bits per heavy atom. The third-order valence-corrected chi connectivity index (χ3v) is 5.91. The Balaban J connectivity index is 1.20. The summed E-state index contributed by atoms with van der Waals surface area (Å²) < 4.78 is 17.3. The average molecular weight is 425 g/mol. The second-order valence-corrected chi connectivity index (χ2v) is 8.34. The molecule has 0 amide bonds. The van der Waals surface area contributed by atoms with Crippen LogP contribution in [0.1, 0.15) is 18.5 Å². The van der Waals surface area contributed by atoms with Gasteiger partial charge < -0.3 is 29.2 Å². The van der Waals surface area contributed by atoms with E-state index >= 15 is 0 Å². The number of H-pyrrole nitrogens is 1. The van der Waals surface area contributed by atoms with Crippen LogP contribution in [-0.4, -0.2) is 61.1 Å². The number of aliphatic hydroxyl groups excluding tert-OH is 1. The molecule has 0 saturated carbocycles. The Labute approximate surface area is 183 Å². The fourth-order valence-corrected chi connectivity index (χ4v) is 4.21. The maximum absolute atomic E-state index is 10.5. The van der Waals surface area contributed by atoms with Crippen molar-refractivity contribution in [2.45, 2.75) is 25.9 Å². The highest BCUT2D eigenvalue weighted by molar-refractivity contribution is 5.86. The fraction of sp³-hybridized carbons (Fsp3) is 0.440. The van der Waals surface area contributed by atoms with Crippen molar-refractivity contribution >= 4 is 10.9 Å². The van der Waals surface area contributed by atoms with Gasteiger partial charge in [0.1, 0.15) is 18.5 Å². The minimum atomic E-state index is -0.517. The number of likely N-dealkylation sites (tertiary alicyclic amines) is 1. The van der Waals surface area contributed by atoms with Gasteiger partial charge in [-0.1, -0.05) is 18.2 Å². The largest absolute Gasteiger partial charge is 0.493 e. The van der Waals surface area contributed by atoms with Gasteiger partial charge in [-0.25, -0.2) is 0 Å². The number of hydrogen-bond acceptors (Lipinski definition) is 5. The summed E-state index contributed by atoms with van der Waals surface area (Å²) in [6.07, 6.45) is 1.60. The molecule has 1 unspecified atom stereocenters. The number of β-amino-alcohol motifs (C(OH)–C–C–N with tert-alkyl or cyclic N) is 1. The number of rotatable bonds is 9. The Morgan fingerprint density at radius 2 is 1.77 bits per heavy atom. The van der Waals surface area contributed by atoms with Crippen LogP contribution in [0.5, 0.6) is 17.2 Å². The van der Waals surface area contributed by atoms with Crippen molar-refractivity contribution < 1.29 is 19.3 Å². The number of aryl methyl sites for hydroxylation is 1. The van der Waals surface area contributed by atoms with E-state index in [0.29, 0.717) is 25.7 Å². The Kier molecular flexibility index (Phi) is 6.99. The Bertz CT molecular complexity index is 979. The first-order chi connectivity index (χ1) is 15.1. The number of methoxy groups -OCH3 is 1. The fourth-order valence-electron chi connectivity index (χ4n) is 4.21. The van der Waals surface area contributed by atoms with Crippen LogP contribution in [0.3, 0.4) is 0 Å². The van der Waals surface area contributed by atoms with Gasteiger partial charge in [0.05, 0.1) is 13.7 Å². The highest BCUT2D eigenvalue weighted by atomic mass is 16.5. The summed E-state index contributed by atoms with van der Waals surface area (Å²) in [6, 6.07) is 15.8. The molecular formula is C25H32N2O4. The molecule has 0 aliphatic carbocycles. The van der Waals surface area contributed by atoms with E-state index in [4.69, 9.17) is 14.2 Å². The van der Waals surface area contributed by atoms with Crippen molar-refractivity contribution in [3.63, 3.8) is 0 Å². The van der Waals surface area contributed by atoms with Crippen LogP contribution < -0.4 is 14.2 Å². The molecule has 1 fully saturated rings. The van der Waals surface area contributed by atoms with E-state index in [1.165, 1.54) is 0 Å². The van der Waals surface area contributed by atoms with Crippen molar-refractivity contribution in [1.29, 1.82) is 0 Å². The van der Waals surface area contributed by atoms with E-state index < -0.39 is 6.10 Å². The number of aromatic amines is 1. The zero-order chi connectivity index (χ0) is 21.6. The van der Waals surface area contributed by atoms with E-state index in [1.54, 1.807) is 7.11 Å². The second-order valence-electron chi connectivity index (χ2n) is 8.34. The number of hydrogen-bond donors (Lipinski definition) is 2. The highest BCUT2D eigenvalue weighted by Gasteiger charge is 2.22. The first-order valence-corrected chi connectivity index (χ1v) is 11.0. The van der Waals surface area contributed by atoms with Crippen LogP contribution in [0.4, 0.5) is 0 Å². The standard InChI is InChI=1S/C25H32N2O4/c1-18-14-21-22(26-18)6-5-9-23(21)31-17-20(28)15-27-12-10-19(11-13-27)16-30-25-8-4-3-7-24(25)29-2/h3-9,14,19-20,26,28H,10-13,15-17H2,1-2H3. The molecular weight excluding hydrogens is 392 g/mol. The molecule has 0 spiro atoms. The first kappa shape index (κ1) is 21.5. The van der Waals surface area contributed by atoms with E-state index in [2.05, 4.69) is 16.0 Å². The third-order valence-electron chi connectivity index (χ3n) is 5.91. The molecule has 2 aromatic carbocycles. The molecule has 166 valence electrons. The topological polar surface area (TPSA) is 67.0 Å². The van der Waals surface area contributed by atoms with E-state index in [9.17, 15) is 5.11 Å². The molecule has 1 saturated heterocycles. The smallest absolute Gasteiger partial charge is 0.161 e. The lowest BCUT2D eigenvalue weighted by Crippen LogP contribution is -2.41. The van der Waals surface area contributed by atoms with Crippen LogP contribution in [0.25, 0.3) is 10.9 Å². The van der Waals surface area contributed by atoms with Crippen LogP contribution in [0.15, 0.2) is 48.5 Å². The number of nitrogens with zero attached hydrogens (tertiary/aromatic N) is 1. The van der Waals surface area contributed by atoms with Gasteiger partial charge in [0.15, 0.2) is 11.5 Å². The maximum Gasteiger partial charge on any atom is 0.161 e. The van der Waals surface area contributed by atoms with Crippen LogP contribution in [0, 0.1) is 12.8 Å². The normalized spacial score (nSPS) is 16.4. The van der Waals surface area contributed by atoms with Gasteiger partial charge >= 0.3 is 0 Å². The van der Waals surface area contributed by atoms with Gasteiger partial charge in [-0.15, -0.1) is 0 Å². The maximum atomic E-state index is 10.5. The lowest BCUT2D eigenvalue weighted by molar-refractivity contribution is 0.0505. The minimum absolute atomic E-state index is 0.292. The first-order valence-electron chi connectivity index (χ1n) is 11.0. The summed E-state index contributed by atoms with van der Waals surface area (Å²) in [5.74, 6) is 2.90. The molecule has 31 heavy (non-hydrogen) atoms. The summed E-state index contributed by atoms with van der Waals surface area (Å²) >= 11 is 0. The van der Waals surface area contributed by atoms with Gasteiger partial charge in [0.25, 0.3) is 0 Å². The average Bonchev–Trinajstić information content (AvgIpc) is 3.18. The van der Waals surface area contributed by atoms with Crippen LogP contribution >= 0.6 is 0 Å². The molecule has 2 heterocycles. The number of aromatic nitrogens is 1. The molecule has 1 atom stereocenters. The highest BCUT2D eigenvalue weighted by Crippen LogP contribution is 2.28. The molecule has 1 aliphatic heterocycles. The van der Waals surface area contributed by atoms with Crippen molar-refractivity contribution in [3.8, 4) is 17.2 Å². The predicted octanol–water partition coefficient (Wildman–Crippen LogP) is 4.02. The summed E-state index contributed by atoms with van der Waals surface area (Å²) in [5.41, 5.74) is 2.16. The Morgan fingerprint density at radius 1 is 1.03 bits per heavy atom. The molecule has 0 bridgehead atoms. The second kappa shape index (κ2) is 10.1. The summed E-state index contributed by atoms with van der Waals surface area (Å²) in [7, 11) is 1.66. The number of fused-ring (bicyclic) bond motifs is 1. The molecule has 0 radical (unpaired) electrons. The Hall–Kier alpha value is -2.70. The molecule has 2 N–H and O–H groups in total. The number of piperidine rings is 1. The van der Waals surface area contributed by atoms with Gasteiger partial charge in [0.2, 0.25) is 0 Å². The van der Waals surface area contributed by atoms with Gasteiger partial charge in [-0.2, -0.15) is 0 Å². The van der Waals surface area contributed by atoms with Crippen LogP contribution in [-0.2, 0) is 0 Å². The number of aliphatic hydroxyl groups is 1. The molecule has 1 aromatic heterocycles. The lowest BCUT2D eigenvalue weighted by atomic mass is 9.97. The number of ether oxygens (including phenoxy) is 3. The third kappa shape index (κ3) is 5.51. The quantitative estimate of drug-likeness (QED) is 0.543. The van der Waals surface area contributed by atoms with E-state index in [0.717, 1.165) is 59.8 Å². The molecule has 4 rings (SSSR count). The summed E-state index contributed by atoms with van der Waals surface area (Å²) in [4.78, 5) is 5.63. The predicted molar refractivity (Wildman–Crippen MR) is 122 cm³/mol. The van der Waals surface area contributed by atoms with Crippen molar-refractivity contribution in [2.24, 2.45) is 5.92 Å². The van der Waals surface area contributed by atoms with Crippen molar-refractivity contribution in [1.82, 2.24) is 9.88 Å². The number of nitrogens with one attached hydrogen (secondary N) is 1. The van der Waals surface area contributed by atoms with Crippen LogP contribution in [0.2, 0.25) is 0 Å².